The molecule has 0 bridgehead atoms. The van der Waals surface area contributed by atoms with Gasteiger partial charge in [-0.25, -0.2) is 0 Å². The van der Waals surface area contributed by atoms with Gasteiger partial charge in [-0.1, -0.05) is 73.1 Å². The number of hydrogen-bond donors (Lipinski definition) is 0. The quantitative estimate of drug-likeness (QED) is 0.402. The van der Waals surface area contributed by atoms with Gasteiger partial charge in [0.25, 0.3) is 0 Å². The second-order valence-electron chi connectivity index (χ2n) is 6.16. The van der Waals surface area contributed by atoms with Crippen molar-refractivity contribution in [1.29, 1.82) is 0 Å². The minimum atomic E-state index is -4.35. The minimum Gasteiger partial charge on any atom is -0.166 e. The third-order valence-corrected chi connectivity index (χ3v) is 4.66. The van der Waals surface area contributed by atoms with Gasteiger partial charge in [-0.2, -0.15) is 13.2 Å². The van der Waals surface area contributed by atoms with Crippen molar-refractivity contribution in [1.82, 2.24) is 0 Å². The van der Waals surface area contributed by atoms with Crippen LogP contribution in [0.5, 0.6) is 0 Å². The van der Waals surface area contributed by atoms with Crippen molar-refractivity contribution in [3.05, 3.63) is 106 Å². The first-order valence-electron chi connectivity index (χ1n) is 8.62. The Morgan fingerprint density at radius 3 is 1.74 bits per heavy atom. The van der Waals surface area contributed by atoms with Crippen LogP contribution in [-0.2, 0) is 6.18 Å². The molecule has 0 aromatic heterocycles. The first-order valence-corrected chi connectivity index (χ1v) is 9.00. The Labute approximate surface area is 161 Å². The van der Waals surface area contributed by atoms with E-state index in [-0.39, 0.29) is 0 Å². The van der Waals surface area contributed by atoms with E-state index in [1.807, 2.05) is 49.4 Å². The smallest absolute Gasteiger partial charge is 0.166 e. The molecule has 0 unspecified atom stereocenters. The van der Waals surface area contributed by atoms with Crippen molar-refractivity contribution >= 4 is 22.7 Å². The lowest BCUT2D eigenvalue weighted by Gasteiger charge is -2.17. The number of alkyl halides is 3. The molecule has 3 rings (SSSR count). The van der Waals surface area contributed by atoms with Gasteiger partial charge >= 0.3 is 6.18 Å². The van der Waals surface area contributed by atoms with Crippen molar-refractivity contribution in [2.45, 2.75) is 19.5 Å². The Balaban J connectivity index is 2.22. The fourth-order valence-corrected chi connectivity index (χ4v) is 3.25. The first-order chi connectivity index (χ1) is 12.9. The highest BCUT2D eigenvalue weighted by Crippen LogP contribution is 2.36. The Morgan fingerprint density at radius 1 is 0.741 bits per heavy atom. The maximum absolute atomic E-state index is 13.0. The SMILES string of the molecule is CC/C(=C(\c1ccc(Cl)cc1)c1ccc(C(F)(F)F)cc1)c1ccccc1. The van der Waals surface area contributed by atoms with E-state index in [0.29, 0.717) is 5.02 Å². The van der Waals surface area contributed by atoms with E-state index < -0.39 is 11.7 Å². The van der Waals surface area contributed by atoms with Crippen LogP contribution in [0.15, 0.2) is 78.9 Å². The Bertz CT molecular complexity index is 922. The first kappa shape index (κ1) is 19.2. The molecule has 0 heterocycles. The largest absolute Gasteiger partial charge is 0.416 e. The van der Waals surface area contributed by atoms with Crippen LogP contribution in [0.1, 0.15) is 35.6 Å². The minimum absolute atomic E-state index is 0.614. The maximum atomic E-state index is 13.0. The second-order valence-corrected chi connectivity index (χ2v) is 6.59. The summed E-state index contributed by atoms with van der Waals surface area (Å²) < 4.78 is 38.9. The molecule has 138 valence electrons. The van der Waals surface area contributed by atoms with Crippen molar-refractivity contribution in [2.75, 3.05) is 0 Å². The van der Waals surface area contributed by atoms with Crippen LogP contribution >= 0.6 is 11.6 Å². The Kier molecular flexibility index (Phi) is 5.71. The second kappa shape index (κ2) is 8.01. The van der Waals surface area contributed by atoms with Crippen LogP contribution in [0.3, 0.4) is 0 Å². The molecule has 0 radical (unpaired) electrons. The molecular weight excluding hydrogens is 369 g/mol. The molecule has 0 aliphatic rings. The summed E-state index contributed by atoms with van der Waals surface area (Å²) in [6.45, 7) is 2.04. The van der Waals surface area contributed by atoms with Gasteiger partial charge in [0.1, 0.15) is 0 Å². The summed E-state index contributed by atoms with van der Waals surface area (Å²) in [4.78, 5) is 0. The summed E-state index contributed by atoms with van der Waals surface area (Å²) in [5.74, 6) is 0. The average Bonchev–Trinajstić information content (AvgIpc) is 2.67. The molecule has 0 N–H and O–H groups in total. The van der Waals surface area contributed by atoms with Crippen LogP contribution in [-0.4, -0.2) is 0 Å². The molecule has 0 saturated carbocycles. The monoisotopic (exact) mass is 386 g/mol. The van der Waals surface area contributed by atoms with Crippen molar-refractivity contribution in [2.24, 2.45) is 0 Å². The molecule has 27 heavy (non-hydrogen) atoms. The van der Waals surface area contributed by atoms with Crippen molar-refractivity contribution < 1.29 is 13.2 Å². The van der Waals surface area contributed by atoms with E-state index in [4.69, 9.17) is 11.6 Å². The van der Waals surface area contributed by atoms with Crippen LogP contribution in [0.2, 0.25) is 5.02 Å². The van der Waals surface area contributed by atoms with E-state index in [0.717, 1.165) is 46.4 Å². The average molecular weight is 387 g/mol. The van der Waals surface area contributed by atoms with Crippen molar-refractivity contribution in [3.63, 3.8) is 0 Å². The molecule has 3 aromatic carbocycles. The fourth-order valence-electron chi connectivity index (χ4n) is 3.12. The predicted molar refractivity (Wildman–Crippen MR) is 106 cm³/mol. The normalized spacial score (nSPS) is 12.6. The molecule has 0 saturated heterocycles. The standard InChI is InChI=1S/C23H18ClF3/c1-2-21(16-6-4-3-5-7-16)22(18-10-14-20(24)15-11-18)17-8-12-19(13-9-17)23(25,26)27/h3-15H,2H2,1H3/b22-21+. The van der Waals surface area contributed by atoms with Crippen LogP contribution in [0.4, 0.5) is 13.2 Å². The van der Waals surface area contributed by atoms with E-state index in [1.54, 1.807) is 12.1 Å². The number of allylic oxidation sites excluding steroid dienone is 1. The van der Waals surface area contributed by atoms with E-state index in [1.165, 1.54) is 12.1 Å². The number of rotatable bonds is 4. The zero-order valence-electron chi connectivity index (χ0n) is 14.7. The van der Waals surface area contributed by atoms with Crippen LogP contribution in [0, 0.1) is 0 Å². The zero-order valence-corrected chi connectivity index (χ0v) is 15.5. The molecule has 4 heteroatoms. The van der Waals surface area contributed by atoms with Crippen LogP contribution in [0.25, 0.3) is 11.1 Å². The van der Waals surface area contributed by atoms with Crippen molar-refractivity contribution in [3.8, 4) is 0 Å². The van der Waals surface area contributed by atoms with E-state index in [9.17, 15) is 13.2 Å². The maximum Gasteiger partial charge on any atom is 0.416 e. The van der Waals surface area contributed by atoms with E-state index in [2.05, 4.69) is 0 Å². The predicted octanol–water partition coefficient (Wildman–Crippen LogP) is 7.73. The highest BCUT2D eigenvalue weighted by atomic mass is 35.5. The lowest BCUT2D eigenvalue weighted by Crippen LogP contribution is -2.04. The molecule has 3 aromatic rings. The molecule has 0 nitrogen and oxygen atoms in total. The summed E-state index contributed by atoms with van der Waals surface area (Å²) in [5, 5.41) is 0.614. The van der Waals surface area contributed by atoms with E-state index >= 15 is 0 Å². The Hall–Kier alpha value is -2.52. The summed E-state index contributed by atoms with van der Waals surface area (Å²) in [7, 11) is 0. The van der Waals surface area contributed by atoms with Gasteiger partial charge in [0, 0.05) is 5.02 Å². The van der Waals surface area contributed by atoms with Gasteiger partial charge in [-0.05, 0) is 58.5 Å². The molecule has 0 atom stereocenters. The lowest BCUT2D eigenvalue weighted by atomic mass is 9.88. The molecule has 0 amide bonds. The topological polar surface area (TPSA) is 0 Å². The Morgan fingerprint density at radius 2 is 1.26 bits per heavy atom. The summed E-state index contributed by atoms with van der Waals surface area (Å²) in [5.41, 5.74) is 4.03. The third-order valence-electron chi connectivity index (χ3n) is 4.41. The van der Waals surface area contributed by atoms with Gasteiger partial charge < -0.3 is 0 Å². The molecule has 0 spiro atoms. The summed E-state index contributed by atoms with van der Waals surface area (Å²) in [6, 6.07) is 22.6. The van der Waals surface area contributed by atoms with Gasteiger partial charge in [0.2, 0.25) is 0 Å². The van der Waals surface area contributed by atoms with Crippen LogP contribution < -0.4 is 0 Å². The highest BCUT2D eigenvalue weighted by molar-refractivity contribution is 6.30. The summed E-state index contributed by atoms with van der Waals surface area (Å²) >= 11 is 6.02. The molecular formula is C23H18ClF3. The van der Waals surface area contributed by atoms with Gasteiger partial charge in [-0.3, -0.25) is 0 Å². The number of hydrogen-bond acceptors (Lipinski definition) is 0. The number of benzene rings is 3. The third kappa shape index (κ3) is 4.42. The van der Waals surface area contributed by atoms with Gasteiger partial charge in [0.15, 0.2) is 0 Å². The van der Waals surface area contributed by atoms with Gasteiger partial charge in [-0.15, -0.1) is 0 Å². The zero-order chi connectivity index (χ0) is 19.4. The molecule has 0 aliphatic heterocycles. The molecule has 0 fully saturated rings. The van der Waals surface area contributed by atoms with Gasteiger partial charge in [0.05, 0.1) is 5.56 Å². The molecule has 0 aliphatic carbocycles. The highest BCUT2D eigenvalue weighted by Gasteiger charge is 2.30. The fraction of sp³-hybridized carbons (Fsp3) is 0.130. The number of halogens is 4. The summed E-state index contributed by atoms with van der Waals surface area (Å²) in [6.07, 6.45) is -3.61. The lowest BCUT2D eigenvalue weighted by molar-refractivity contribution is -0.137.